The number of unbranched alkanes of at least 4 members (excludes halogenated alkanes) is 1. The molecule has 1 aromatic carbocycles. The van der Waals surface area contributed by atoms with E-state index in [1.165, 1.54) is 25.0 Å². The molecule has 1 aromatic rings. The van der Waals surface area contributed by atoms with Crippen LogP contribution in [0.5, 0.6) is 0 Å². The van der Waals surface area contributed by atoms with E-state index < -0.39 is 5.54 Å². The van der Waals surface area contributed by atoms with Crippen LogP contribution >= 0.6 is 0 Å². The minimum Gasteiger partial charge on any atom is -0.305 e. The van der Waals surface area contributed by atoms with Gasteiger partial charge in [0.1, 0.15) is 5.82 Å². The SMILES string of the molecule is [C-]#[N+]C1(c2ccc(F)cc2)CCN(CCCC)CC1. The van der Waals surface area contributed by atoms with Gasteiger partial charge in [0.25, 0.3) is 5.54 Å². The molecule has 0 N–H and O–H groups in total. The Hall–Kier alpha value is -1.40. The molecule has 0 amide bonds. The van der Waals surface area contributed by atoms with Crippen molar-refractivity contribution in [3.63, 3.8) is 0 Å². The zero-order valence-corrected chi connectivity index (χ0v) is 11.5. The van der Waals surface area contributed by atoms with Gasteiger partial charge in [0.2, 0.25) is 0 Å². The fourth-order valence-electron chi connectivity index (χ4n) is 2.75. The third-order valence-electron chi connectivity index (χ3n) is 4.11. The van der Waals surface area contributed by atoms with Crippen LogP contribution in [-0.2, 0) is 5.54 Å². The Morgan fingerprint density at radius 2 is 1.89 bits per heavy atom. The molecule has 19 heavy (non-hydrogen) atoms. The summed E-state index contributed by atoms with van der Waals surface area (Å²) in [6, 6.07) is 6.47. The van der Waals surface area contributed by atoms with Crippen molar-refractivity contribution in [2.75, 3.05) is 19.6 Å². The Morgan fingerprint density at radius 1 is 1.26 bits per heavy atom. The molecule has 0 spiro atoms. The van der Waals surface area contributed by atoms with Gasteiger partial charge in [-0.3, -0.25) is 0 Å². The van der Waals surface area contributed by atoms with Gasteiger partial charge in [-0.2, -0.15) is 0 Å². The van der Waals surface area contributed by atoms with Crippen LogP contribution in [0.4, 0.5) is 4.39 Å². The Balaban J connectivity index is 2.06. The molecule has 1 aliphatic rings. The number of nitrogens with zero attached hydrogens (tertiary/aromatic N) is 2. The van der Waals surface area contributed by atoms with Crippen molar-refractivity contribution in [1.82, 2.24) is 4.90 Å². The maximum atomic E-state index is 13.0. The molecule has 0 saturated carbocycles. The van der Waals surface area contributed by atoms with Gasteiger partial charge in [-0.15, -0.1) is 0 Å². The molecule has 0 aliphatic carbocycles. The van der Waals surface area contributed by atoms with E-state index in [-0.39, 0.29) is 5.82 Å². The predicted octanol–water partition coefficient (Wildman–Crippen LogP) is 3.84. The summed E-state index contributed by atoms with van der Waals surface area (Å²) in [6.07, 6.45) is 4.14. The molecular formula is C16H21FN2. The van der Waals surface area contributed by atoms with Gasteiger partial charge in [0.05, 0.1) is 0 Å². The third-order valence-corrected chi connectivity index (χ3v) is 4.11. The smallest absolute Gasteiger partial charge is 0.260 e. The van der Waals surface area contributed by atoms with Crippen LogP contribution < -0.4 is 0 Å². The van der Waals surface area contributed by atoms with Crippen LogP contribution in [0.2, 0.25) is 0 Å². The van der Waals surface area contributed by atoms with Crippen molar-refractivity contribution in [3.05, 3.63) is 47.1 Å². The standard InChI is InChI=1S/C16H21FN2/c1-3-4-11-19-12-9-16(18-2,10-13-19)14-5-7-15(17)8-6-14/h5-8H,3-4,9-13H2,1H3. The minimum absolute atomic E-state index is 0.232. The molecule has 0 radical (unpaired) electrons. The second-order valence-corrected chi connectivity index (χ2v) is 5.35. The van der Waals surface area contributed by atoms with Crippen molar-refractivity contribution in [3.8, 4) is 0 Å². The largest absolute Gasteiger partial charge is 0.305 e. The summed E-state index contributed by atoms with van der Waals surface area (Å²) in [5.74, 6) is -0.232. The average molecular weight is 260 g/mol. The number of hydrogen-bond acceptors (Lipinski definition) is 1. The van der Waals surface area contributed by atoms with Crippen molar-refractivity contribution >= 4 is 0 Å². The Kier molecular flexibility index (Phi) is 4.55. The lowest BCUT2D eigenvalue weighted by Gasteiger charge is -2.34. The molecule has 1 aliphatic heterocycles. The first-order valence-corrected chi connectivity index (χ1v) is 7.07. The molecule has 0 aromatic heterocycles. The van der Waals surface area contributed by atoms with Crippen molar-refractivity contribution in [1.29, 1.82) is 0 Å². The number of benzene rings is 1. The number of hydrogen-bond donors (Lipinski definition) is 0. The second-order valence-electron chi connectivity index (χ2n) is 5.35. The lowest BCUT2D eigenvalue weighted by atomic mass is 9.81. The van der Waals surface area contributed by atoms with Gasteiger partial charge >= 0.3 is 0 Å². The zero-order valence-electron chi connectivity index (χ0n) is 11.5. The zero-order chi connectivity index (χ0) is 13.7. The fourth-order valence-corrected chi connectivity index (χ4v) is 2.75. The normalized spacial score (nSPS) is 19.0. The first-order valence-electron chi connectivity index (χ1n) is 7.07. The van der Waals surface area contributed by atoms with Crippen molar-refractivity contribution < 1.29 is 4.39 Å². The van der Waals surface area contributed by atoms with E-state index in [9.17, 15) is 4.39 Å². The summed E-state index contributed by atoms with van der Waals surface area (Å²) in [5.41, 5.74) is 0.537. The van der Waals surface area contributed by atoms with Crippen molar-refractivity contribution in [2.24, 2.45) is 0 Å². The highest BCUT2D eigenvalue weighted by Gasteiger charge is 2.42. The van der Waals surface area contributed by atoms with Crippen LogP contribution in [0.3, 0.4) is 0 Å². The number of likely N-dealkylation sites (tertiary alicyclic amines) is 1. The monoisotopic (exact) mass is 260 g/mol. The van der Waals surface area contributed by atoms with Crippen LogP contribution in [0, 0.1) is 12.4 Å². The molecule has 2 nitrogen and oxygen atoms in total. The van der Waals surface area contributed by atoms with Crippen LogP contribution in [0.25, 0.3) is 4.85 Å². The molecule has 2 rings (SSSR count). The summed E-state index contributed by atoms with van der Waals surface area (Å²) >= 11 is 0. The van der Waals surface area contributed by atoms with Gasteiger partial charge in [-0.05, 0) is 37.2 Å². The Morgan fingerprint density at radius 3 is 2.42 bits per heavy atom. The van der Waals surface area contributed by atoms with Gasteiger partial charge in [-0.1, -0.05) is 13.3 Å². The summed E-state index contributed by atoms with van der Waals surface area (Å²) in [7, 11) is 0. The van der Waals surface area contributed by atoms with Gasteiger partial charge in [0.15, 0.2) is 0 Å². The molecule has 1 fully saturated rings. The second kappa shape index (κ2) is 6.16. The van der Waals surface area contributed by atoms with Gasteiger partial charge < -0.3 is 9.74 Å². The van der Waals surface area contributed by atoms with E-state index in [1.54, 1.807) is 12.1 Å². The van der Waals surface area contributed by atoms with Crippen molar-refractivity contribution in [2.45, 2.75) is 38.1 Å². The quantitative estimate of drug-likeness (QED) is 0.746. The van der Waals surface area contributed by atoms with E-state index in [4.69, 9.17) is 6.57 Å². The van der Waals surface area contributed by atoms with Gasteiger partial charge in [-0.25, -0.2) is 11.0 Å². The van der Waals surface area contributed by atoms with E-state index in [0.717, 1.165) is 38.0 Å². The molecule has 1 saturated heterocycles. The first-order chi connectivity index (χ1) is 9.20. The molecule has 0 bridgehead atoms. The predicted molar refractivity (Wildman–Crippen MR) is 75.3 cm³/mol. The minimum atomic E-state index is -0.434. The molecular weight excluding hydrogens is 239 g/mol. The number of piperidine rings is 1. The molecule has 102 valence electrons. The highest BCUT2D eigenvalue weighted by atomic mass is 19.1. The molecule has 0 atom stereocenters. The van der Waals surface area contributed by atoms with E-state index in [0.29, 0.717) is 0 Å². The third kappa shape index (κ3) is 3.13. The maximum absolute atomic E-state index is 13.0. The molecule has 1 heterocycles. The lowest BCUT2D eigenvalue weighted by molar-refractivity contribution is 0.179. The lowest BCUT2D eigenvalue weighted by Crippen LogP contribution is -2.41. The highest BCUT2D eigenvalue weighted by molar-refractivity contribution is 5.29. The van der Waals surface area contributed by atoms with Crippen LogP contribution in [0.1, 0.15) is 38.2 Å². The average Bonchev–Trinajstić information content (AvgIpc) is 2.46. The topological polar surface area (TPSA) is 7.60 Å². The summed E-state index contributed by atoms with van der Waals surface area (Å²) in [5, 5.41) is 0. The summed E-state index contributed by atoms with van der Waals surface area (Å²) < 4.78 is 13.0. The van der Waals surface area contributed by atoms with E-state index in [2.05, 4.69) is 16.7 Å². The van der Waals surface area contributed by atoms with E-state index in [1.807, 2.05) is 0 Å². The van der Waals surface area contributed by atoms with Gasteiger partial charge in [0, 0.05) is 31.5 Å². The summed E-state index contributed by atoms with van der Waals surface area (Å²) in [6.45, 7) is 12.8. The van der Waals surface area contributed by atoms with Crippen LogP contribution in [-0.4, -0.2) is 24.5 Å². The summed E-state index contributed by atoms with van der Waals surface area (Å²) in [4.78, 5) is 6.34. The molecule has 3 heteroatoms. The Bertz CT molecular complexity index is 439. The first kappa shape index (κ1) is 14.0. The van der Waals surface area contributed by atoms with E-state index >= 15 is 0 Å². The Labute approximate surface area is 115 Å². The maximum Gasteiger partial charge on any atom is 0.260 e. The molecule has 0 unspecified atom stereocenters. The number of halogens is 1. The fraction of sp³-hybridized carbons (Fsp3) is 0.562. The van der Waals surface area contributed by atoms with Crippen LogP contribution in [0.15, 0.2) is 24.3 Å². The highest BCUT2D eigenvalue weighted by Crippen LogP contribution is 2.37. The number of rotatable bonds is 4.